The van der Waals surface area contributed by atoms with Gasteiger partial charge in [0.25, 0.3) is 0 Å². The first-order chi connectivity index (χ1) is 9.13. The van der Waals surface area contributed by atoms with E-state index in [0.717, 1.165) is 22.4 Å². The van der Waals surface area contributed by atoms with Crippen LogP contribution in [0, 0.1) is 13.8 Å². The molecular weight excluding hydrogens is 244 g/mol. The second kappa shape index (κ2) is 8.12. The van der Waals surface area contributed by atoms with E-state index in [4.69, 9.17) is 20.1 Å². The van der Waals surface area contributed by atoms with Crippen LogP contribution in [-0.4, -0.2) is 34.0 Å². The van der Waals surface area contributed by atoms with Gasteiger partial charge in [0, 0.05) is 12.7 Å². The van der Waals surface area contributed by atoms with Gasteiger partial charge in [0.1, 0.15) is 5.75 Å². The van der Waals surface area contributed by atoms with Crippen LogP contribution < -0.4 is 16.0 Å². The fourth-order valence-corrected chi connectivity index (χ4v) is 2.11. The Labute approximate surface area is 115 Å². The van der Waals surface area contributed by atoms with E-state index < -0.39 is 0 Å². The van der Waals surface area contributed by atoms with Gasteiger partial charge >= 0.3 is 0 Å². The molecule has 1 aromatic rings. The number of hydrogen-bond donors (Lipinski definition) is 2. The summed E-state index contributed by atoms with van der Waals surface area (Å²) in [6.07, 6.45) is 0. The molecule has 1 aromatic carbocycles. The van der Waals surface area contributed by atoms with Gasteiger partial charge in [-0.25, -0.2) is 0 Å². The lowest BCUT2D eigenvalue weighted by Gasteiger charge is -2.22. The summed E-state index contributed by atoms with van der Waals surface area (Å²) in [6.45, 7) is 5.67. The maximum absolute atomic E-state index is 5.63. The second-order valence-corrected chi connectivity index (χ2v) is 4.48. The Bertz CT molecular complexity index is 397. The van der Waals surface area contributed by atoms with Crippen molar-refractivity contribution in [3.8, 4) is 5.75 Å². The number of benzene rings is 1. The van der Waals surface area contributed by atoms with Crippen LogP contribution in [0.5, 0.6) is 5.75 Å². The normalized spacial score (nSPS) is 12.5. The first-order valence-electron chi connectivity index (χ1n) is 6.32. The molecule has 0 bridgehead atoms. The highest BCUT2D eigenvalue weighted by molar-refractivity contribution is 5.45. The third-order valence-corrected chi connectivity index (χ3v) is 2.98. The smallest absolute Gasteiger partial charge is 0.124 e. The van der Waals surface area contributed by atoms with Crippen LogP contribution in [0.4, 0.5) is 0 Å². The van der Waals surface area contributed by atoms with Crippen molar-refractivity contribution in [1.82, 2.24) is 5.43 Å². The van der Waals surface area contributed by atoms with Gasteiger partial charge in [-0.2, -0.15) is 0 Å². The number of methoxy groups -OCH3 is 2. The number of nitrogens with two attached hydrogens (primary N) is 1. The third-order valence-electron chi connectivity index (χ3n) is 2.98. The van der Waals surface area contributed by atoms with E-state index in [0.29, 0.717) is 19.8 Å². The molecule has 0 spiro atoms. The minimum absolute atomic E-state index is 0.104. The molecule has 1 unspecified atom stereocenters. The van der Waals surface area contributed by atoms with Crippen LogP contribution in [0.25, 0.3) is 0 Å². The van der Waals surface area contributed by atoms with Gasteiger partial charge in [0.05, 0.1) is 33.0 Å². The highest BCUT2D eigenvalue weighted by atomic mass is 16.5. The van der Waals surface area contributed by atoms with Crippen LogP contribution in [0.1, 0.15) is 22.7 Å². The molecule has 0 fully saturated rings. The van der Waals surface area contributed by atoms with Crippen molar-refractivity contribution in [1.29, 1.82) is 0 Å². The Kier molecular flexibility index (Phi) is 6.80. The Morgan fingerprint density at radius 3 is 2.53 bits per heavy atom. The summed E-state index contributed by atoms with van der Waals surface area (Å²) in [5.41, 5.74) is 6.12. The summed E-state index contributed by atoms with van der Waals surface area (Å²) >= 11 is 0. The minimum atomic E-state index is -0.104. The van der Waals surface area contributed by atoms with Crippen LogP contribution in [0.15, 0.2) is 12.1 Å². The lowest BCUT2D eigenvalue weighted by Crippen LogP contribution is -2.32. The number of hydrogen-bond acceptors (Lipinski definition) is 5. The predicted molar refractivity (Wildman–Crippen MR) is 75.2 cm³/mol. The number of ether oxygens (including phenoxy) is 3. The van der Waals surface area contributed by atoms with E-state index in [1.54, 1.807) is 14.2 Å². The first kappa shape index (κ1) is 15.9. The van der Waals surface area contributed by atoms with Crippen molar-refractivity contribution in [2.24, 2.45) is 5.84 Å². The molecule has 0 saturated heterocycles. The third kappa shape index (κ3) is 4.47. The first-order valence-corrected chi connectivity index (χ1v) is 6.32. The van der Waals surface area contributed by atoms with E-state index in [1.807, 2.05) is 19.9 Å². The van der Waals surface area contributed by atoms with Crippen molar-refractivity contribution in [2.45, 2.75) is 19.9 Å². The average molecular weight is 268 g/mol. The zero-order valence-corrected chi connectivity index (χ0v) is 12.2. The molecule has 0 saturated carbocycles. The maximum atomic E-state index is 5.63. The SMILES string of the molecule is COCCOCC(NN)c1c(C)cc(C)cc1OC. The molecule has 5 nitrogen and oxygen atoms in total. The number of hydrazine groups is 1. The molecule has 0 aromatic heterocycles. The zero-order valence-electron chi connectivity index (χ0n) is 12.2. The molecule has 0 radical (unpaired) electrons. The average Bonchev–Trinajstić information content (AvgIpc) is 2.39. The minimum Gasteiger partial charge on any atom is -0.496 e. The summed E-state index contributed by atoms with van der Waals surface area (Å²) in [5.74, 6) is 6.46. The lowest BCUT2D eigenvalue weighted by atomic mass is 9.98. The number of rotatable bonds is 8. The zero-order chi connectivity index (χ0) is 14.3. The van der Waals surface area contributed by atoms with Gasteiger partial charge < -0.3 is 14.2 Å². The molecule has 3 N–H and O–H groups in total. The molecule has 0 heterocycles. The topological polar surface area (TPSA) is 65.7 Å². The summed E-state index contributed by atoms with van der Waals surface area (Å²) in [5, 5.41) is 0. The largest absolute Gasteiger partial charge is 0.496 e. The predicted octanol–water partition coefficient (Wildman–Crippen LogP) is 1.48. The van der Waals surface area contributed by atoms with Gasteiger partial charge in [-0.15, -0.1) is 0 Å². The lowest BCUT2D eigenvalue weighted by molar-refractivity contribution is 0.0581. The van der Waals surface area contributed by atoms with Gasteiger partial charge in [-0.1, -0.05) is 6.07 Å². The van der Waals surface area contributed by atoms with Gasteiger partial charge in [-0.3, -0.25) is 11.3 Å². The summed E-state index contributed by atoms with van der Waals surface area (Å²) in [4.78, 5) is 0. The van der Waals surface area contributed by atoms with Crippen LogP contribution >= 0.6 is 0 Å². The van der Waals surface area contributed by atoms with Crippen molar-refractivity contribution < 1.29 is 14.2 Å². The van der Waals surface area contributed by atoms with E-state index >= 15 is 0 Å². The molecule has 0 aliphatic carbocycles. The van der Waals surface area contributed by atoms with Crippen molar-refractivity contribution >= 4 is 0 Å². The van der Waals surface area contributed by atoms with Gasteiger partial charge in [0.2, 0.25) is 0 Å². The van der Waals surface area contributed by atoms with Crippen LogP contribution in [0.3, 0.4) is 0 Å². The van der Waals surface area contributed by atoms with Crippen LogP contribution in [-0.2, 0) is 9.47 Å². The summed E-state index contributed by atoms with van der Waals surface area (Å²) in [7, 11) is 3.31. The highest BCUT2D eigenvalue weighted by Crippen LogP contribution is 2.29. The number of aryl methyl sites for hydroxylation is 2. The fourth-order valence-electron chi connectivity index (χ4n) is 2.11. The molecule has 0 amide bonds. The highest BCUT2D eigenvalue weighted by Gasteiger charge is 2.18. The van der Waals surface area contributed by atoms with E-state index in [-0.39, 0.29) is 6.04 Å². The molecule has 1 rings (SSSR count). The quantitative estimate of drug-likeness (QED) is 0.425. The molecular formula is C14H24N2O3. The van der Waals surface area contributed by atoms with Crippen molar-refractivity contribution in [3.05, 3.63) is 28.8 Å². The van der Waals surface area contributed by atoms with Gasteiger partial charge in [0.15, 0.2) is 0 Å². The van der Waals surface area contributed by atoms with E-state index in [2.05, 4.69) is 11.5 Å². The van der Waals surface area contributed by atoms with Gasteiger partial charge in [-0.05, 0) is 31.0 Å². The molecule has 5 heteroatoms. The molecule has 19 heavy (non-hydrogen) atoms. The Morgan fingerprint density at radius 2 is 1.95 bits per heavy atom. The maximum Gasteiger partial charge on any atom is 0.124 e. The van der Waals surface area contributed by atoms with Crippen molar-refractivity contribution in [2.75, 3.05) is 34.0 Å². The molecule has 1 atom stereocenters. The Morgan fingerprint density at radius 1 is 1.21 bits per heavy atom. The monoisotopic (exact) mass is 268 g/mol. The Hall–Kier alpha value is -1.14. The van der Waals surface area contributed by atoms with Crippen molar-refractivity contribution in [3.63, 3.8) is 0 Å². The Balaban J connectivity index is 2.85. The van der Waals surface area contributed by atoms with Crippen LogP contribution in [0.2, 0.25) is 0 Å². The molecule has 108 valence electrons. The molecule has 0 aliphatic rings. The summed E-state index contributed by atoms with van der Waals surface area (Å²) < 4.78 is 15.9. The fraction of sp³-hybridized carbons (Fsp3) is 0.571. The standard InChI is InChI=1S/C14H24N2O3/c1-10-7-11(2)14(13(8-10)18-4)12(16-15)9-19-6-5-17-3/h7-8,12,16H,5-6,9,15H2,1-4H3. The second-order valence-electron chi connectivity index (χ2n) is 4.48. The summed E-state index contributed by atoms with van der Waals surface area (Å²) in [6, 6.07) is 4.01. The number of nitrogens with one attached hydrogen (secondary N) is 1. The molecule has 0 aliphatic heterocycles. The van der Waals surface area contributed by atoms with E-state index in [1.165, 1.54) is 0 Å². The van der Waals surface area contributed by atoms with E-state index in [9.17, 15) is 0 Å².